The first-order chi connectivity index (χ1) is 39.6. The van der Waals surface area contributed by atoms with Crippen LogP contribution in [0.2, 0.25) is 0 Å². The van der Waals surface area contributed by atoms with Gasteiger partial charge in [0.15, 0.2) is 12.4 Å². The summed E-state index contributed by atoms with van der Waals surface area (Å²) in [6.45, 7) is 4.49. The van der Waals surface area contributed by atoms with Crippen molar-refractivity contribution in [2.75, 3.05) is 47.5 Å². The summed E-state index contributed by atoms with van der Waals surface area (Å²) in [6, 6.07) is 0. The number of esters is 2. The predicted octanol–water partition coefficient (Wildman–Crippen LogP) is 18.2. The zero-order valence-corrected chi connectivity index (χ0v) is 52.1. The number of allylic oxidation sites excluding steroid dienone is 24. The maximum absolute atomic E-state index is 12.9. The van der Waals surface area contributed by atoms with Gasteiger partial charge in [-0.15, -0.1) is 0 Å². The Morgan fingerprint density at radius 1 is 0.370 bits per heavy atom. The van der Waals surface area contributed by atoms with Crippen molar-refractivity contribution < 1.29 is 42.9 Å². The van der Waals surface area contributed by atoms with E-state index in [0.29, 0.717) is 17.4 Å². The topological polar surface area (TPSA) is 111 Å². The number of ether oxygens (including phenoxy) is 4. The number of likely N-dealkylation sites (N-methyl/N-ethyl adjacent to an activating group) is 1. The summed E-state index contributed by atoms with van der Waals surface area (Å²) in [5, 5.41) is 11.8. The van der Waals surface area contributed by atoms with Crippen LogP contribution in [-0.4, -0.2) is 82.3 Å². The van der Waals surface area contributed by atoms with E-state index in [4.69, 9.17) is 18.9 Å². The van der Waals surface area contributed by atoms with Crippen LogP contribution in [0.3, 0.4) is 0 Å². The number of nitrogens with zero attached hydrogens (tertiary/aromatic N) is 1. The second-order valence-electron chi connectivity index (χ2n) is 21.9. The van der Waals surface area contributed by atoms with Crippen molar-refractivity contribution in [2.45, 2.75) is 245 Å². The Hall–Kier alpha value is -4.83. The Kier molecular flexibility index (Phi) is 57.6. The summed E-state index contributed by atoms with van der Waals surface area (Å²) in [4.78, 5) is 37.4. The molecule has 0 aromatic rings. The molecule has 458 valence electrons. The number of carboxylic acid groups (broad SMARTS) is 1. The summed E-state index contributed by atoms with van der Waals surface area (Å²) in [7, 11) is 5.91. The number of carboxylic acids is 1. The smallest absolute Gasteiger partial charge is 0.306 e. The fourth-order valence-corrected chi connectivity index (χ4v) is 8.25. The van der Waals surface area contributed by atoms with Crippen LogP contribution in [0.5, 0.6) is 0 Å². The van der Waals surface area contributed by atoms with Gasteiger partial charge >= 0.3 is 11.9 Å². The summed E-state index contributed by atoms with van der Waals surface area (Å²) in [6.07, 6.45) is 86.2. The second-order valence-corrected chi connectivity index (χ2v) is 21.9. The Morgan fingerprint density at radius 3 is 0.988 bits per heavy atom. The van der Waals surface area contributed by atoms with Crippen molar-refractivity contribution >= 4 is 17.9 Å². The number of quaternary nitrogens is 1. The van der Waals surface area contributed by atoms with Gasteiger partial charge in [0.25, 0.3) is 0 Å². The Balaban J connectivity index is 4.18. The number of carbonyl (C=O) groups is 3. The van der Waals surface area contributed by atoms with Crippen molar-refractivity contribution in [2.24, 2.45) is 0 Å². The molecule has 9 heteroatoms. The van der Waals surface area contributed by atoms with E-state index in [0.717, 1.165) is 148 Å². The van der Waals surface area contributed by atoms with Gasteiger partial charge < -0.3 is 33.3 Å². The maximum atomic E-state index is 12.9. The number of hydrogen-bond acceptors (Lipinski definition) is 8. The fourth-order valence-electron chi connectivity index (χ4n) is 8.25. The number of unbranched alkanes of at least 4 members (excludes halogenated alkanes) is 18. The minimum Gasteiger partial charge on any atom is -0.545 e. The molecular weight excluding hydrogens is 1010 g/mol. The van der Waals surface area contributed by atoms with Gasteiger partial charge in [-0.05, 0) is 116 Å². The third kappa shape index (κ3) is 62.6. The summed E-state index contributed by atoms with van der Waals surface area (Å²) in [5.74, 6) is -2.32. The zero-order chi connectivity index (χ0) is 59.1. The Labute approximate surface area is 496 Å². The summed E-state index contributed by atoms with van der Waals surface area (Å²) >= 11 is 0. The monoisotopic (exact) mass is 1120 g/mol. The number of carbonyl (C=O) groups excluding carboxylic acids is 3. The van der Waals surface area contributed by atoms with Crippen LogP contribution in [0, 0.1) is 0 Å². The molecule has 0 aliphatic heterocycles. The first-order valence-corrected chi connectivity index (χ1v) is 32.0. The largest absolute Gasteiger partial charge is 0.545 e. The predicted molar refractivity (Wildman–Crippen MR) is 342 cm³/mol. The molecule has 0 radical (unpaired) electrons. The number of hydrogen-bond donors (Lipinski definition) is 0. The molecule has 0 aromatic heterocycles. The Morgan fingerprint density at radius 2 is 0.667 bits per heavy atom. The highest BCUT2D eigenvalue weighted by molar-refractivity contribution is 5.70. The third-order valence-corrected chi connectivity index (χ3v) is 13.1. The van der Waals surface area contributed by atoms with E-state index in [9.17, 15) is 19.5 Å². The minimum absolute atomic E-state index is 0.138. The summed E-state index contributed by atoms with van der Waals surface area (Å²) < 4.78 is 22.7. The molecule has 81 heavy (non-hydrogen) atoms. The van der Waals surface area contributed by atoms with Crippen LogP contribution in [0.25, 0.3) is 0 Å². The van der Waals surface area contributed by atoms with Crippen LogP contribution >= 0.6 is 0 Å². The highest BCUT2D eigenvalue weighted by Crippen LogP contribution is 2.15. The van der Waals surface area contributed by atoms with E-state index in [1.807, 2.05) is 21.1 Å². The van der Waals surface area contributed by atoms with Gasteiger partial charge in [-0.25, -0.2) is 0 Å². The third-order valence-electron chi connectivity index (χ3n) is 13.1. The van der Waals surface area contributed by atoms with Crippen LogP contribution < -0.4 is 5.11 Å². The SMILES string of the molecule is CC/C=C\C/C=C\C/C=C\C/C=C\C/C=C\C/C=C\C/C=C\C/C=C\CCCCCCCCCCCCCCC(=O)OC(COC(=O)CCCCCCCC/C=C\C/C=C\C/C=C\C/C=C\CC)COC(OCC[N+](C)(C)C)C(=O)[O-]. The molecule has 2 unspecified atom stereocenters. The van der Waals surface area contributed by atoms with Crippen LogP contribution in [0.1, 0.15) is 232 Å². The van der Waals surface area contributed by atoms with Gasteiger partial charge in [-0.3, -0.25) is 9.59 Å². The fraction of sp³-hybridized carbons (Fsp3) is 0.625. The molecular formula is C72H117NO8. The van der Waals surface area contributed by atoms with E-state index >= 15 is 0 Å². The Bertz CT molecular complexity index is 1840. The molecule has 2 atom stereocenters. The van der Waals surface area contributed by atoms with E-state index in [1.54, 1.807) is 0 Å². The van der Waals surface area contributed by atoms with Gasteiger partial charge in [0, 0.05) is 12.8 Å². The highest BCUT2D eigenvalue weighted by Gasteiger charge is 2.22. The molecule has 9 nitrogen and oxygen atoms in total. The molecule has 0 aliphatic rings. The highest BCUT2D eigenvalue weighted by atomic mass is 16.7. The molecule has 0 amide bonds. The van der Waals surface area contributed by atoms with Gasteiger partial charge in [0.2, 0.25) is 0 Å². The van der Waals surface area contributed by atoms with Crippen LogP contribution in [0.4, 0.5) is 0 Å². The molecule has 0 N–H and O–H groups in total. The lowest BCUT2D eigenvalue weighted by atomic mass is 10.0. The van der Waals surface area contributed by atoms with Crippen LogP contribution in [-0.2, 0) is 33.3 Å². The summed E-state index contributed by atoms with van der Waals surface area (Å²) in [5.41, 5.74) is 0. The lowest BCUT2D eigenvalue weighted by Crippen LogP contribution is -2.44. The van der Waals surface area contributed by atoms with Crippen molar-refractivity contribution in [1.82, 2.24) is 0 Å². The van der Waals surface area contributed by atoms with Crippen molar-refractivity contribution in [1.29, 1.82) is 0 Å². The van der Waals surface area contributed by atoms with E-state index in [2.05, 4.69) is 160 Å². The normalized spacial score (nSPS) is 13.7. The zero-order valence-electron chi connectivity index (χ0n) is 52.1. The molecule has 0 heterocycles. The number of aliphatic carboxylic acids is 1. The van der Waals surface area contributed by atoms with Crippen molar-refractivity contribution in [3.8, 4) is 0 Å². The van der Waals surface area contributed by atoms with E-state index in [-0.39, 0.29) is 38.6 Å². The lowest BCUT2D eigenvalue weighted by molar-refractivity contribution is -0.870. The van der Waals surface area contributed by atoms with E-state index in [1.165, 1.54) is 51.4 Å². The average Bonchev–Trinajstić information content (AvgIpc) is 3.44. The van der Waals surface area contributed by atoms with Crippen molar-refractivity contribution in [3.63, 3.8) is 0 Å². The first-order valence-electron chi connectivity index (χ1n) is 32.0. The van der Waals surface area contributed by atoms with Gasteiger partial charge in [-0.1, -0.05) is 250 Å². The second kappa shape index (κ2) is 61.2. The van der Waals surface area contributed by atoms with Crippen molar-refractivity contribution in [3.05, 3.63) is 146 Å². The number of rotatable bonds is 57. The van der Waals surface area contributed by atoms with Crippen LogP contribution in [0.15, 0.2) is 146 Å². The standard InChI is InChI=1S/C72H117NO8/c1-6-8-10-12-14-16-18-20-22-24-26-27-28-29-30-31-32-33-34-35-36-37-38-39-40-41-42-43-45-47-49-51-53-55-57-59-61-63-70(75)81-68(67-80-72(71(76)77)78-65-64-73(3,4)5)66-79-69(74)62-60-58-56-54-52-50-48-46-44-25-23-21-19-17-15-13-11-9-7-2/h8-11,14-17,20-23,26-27,29-30,32-33,35-36,38-39,44,46,68,72H,6-7,12-13,18-19,24-25,28,31,34,37,40-43,45,47-67H2,1-5H3/b10-8-,11-9-,16-14-,17-15-,22-20-,23-21-,27-26-,30-29-,33-32-,36-35-,39-38-,46-44-. The minimum atomic E-state index is -1.63. The molecule has 0 saturated carbocycles. The van der Waals surface area contributed by atoms with Gasteiger partial charge in [-0.2, -0.15) is 0 Å². The molecule has 0 bridgehead atoms. The molecule has 0 spiro atoms. The average molecular weight is 1120 g/mol. The molecule has 0 aromatic carbocycles. The van der Waals surface area contributed by atoms with Gasteiger partial charge in [0.1, 0.15) is 13.2 Å². The molecule has 0 fully saturated rings. The van der Waals surface area contributed by atoms with Gasteiger partial charge in [0.05, 0.1) is 40.3 Å². The van der Waals surface area contributed by atoms with E-state index < -0.39 is 24.3 Å². The maximum Gasteiger partial charge on any atom is 0.306 e. The quantitative estimate of drug-likeness (QED) is 0.0195. The lowest BCUT2D eigenvalue weighted by Gasteiger charge is -2.26. The first kappa shape index (κ1) is 76.2. The molecule has 0 aliphatic carbocycles. The molecule has 0 rings (SSSR count). The molecule has 0 saturated heterocycles.